The summed E-state index contributed by atoms with van der Waals surface area (Å²) in [5.74, 6) is -0.346. The van der Waals surface area contributed by atoms with Crippen LogP contribution in [0.15, 0.2) is 29.8 Å². The first-order valence-corrected chi connectivity index (χ1v) is 7.92. The monoisotopic (exact) mass is 333 g/mol. The highest BCUT2D eigenvalue weighted by molar-refractivity contribution is 5.89. The average Bonchev–Trinajstić information content (AvgIpc) is 2.50. The Labute approximate surface area is 144 Å². The number of amides is 1. The van der Waals surface area contributed by atoms with Gasteiger partial charge in [0, 0.05) is 13.6 Å². The summed E-state index contributed by atoms with van der Waals surface area (Å²) >= 11 is 0. The van der Waals surface area contributed by atoms with Crippen LogP contribution in [0.4, 0.5) is 4.79 Å². The van der Waals surface area contributed by atoms with Crippen molar-refractivity contribution in [2.75, 3.05) is 20.7 Å². The van der Waals surface area contributed by atoms with Gasteiger partial charge in [-0.05, 0) is 51.8 Å². The summed E-state index contributed by atoms with van der Waals surface area (Å²) in [6, 6.07) is 7.20. The molecule has 0 saturated heterocycles. The Balaban J connectivity index is 2.58. The van der Waals surface area contributed by atoms with Crippen LogP contribution in [0.1, 0.15) is 50.0 Å². The molecular weight excluding hydrogens is 306 g/mol. The Bertz CT molecular complexity index is 597. The normalized spacial score (nSPS) is 11.8. The summed E-state index contributed by atoms with van der Waals surface area (Å²) in [6.45, 7) is 8.14. The number of ether oxygens (including phenoxy) is 2. The van der Waals surface area contributed by atoms with E-state index < -0.39 is 5.60 Å². The number of nitrogens with zero attached hydrogens (tertiary/aromatic N) is 1. The van der Waals surface area contributed by atoms with Crippen molar-refractivity contribution in [3.05, 3.63) is 41.0 Å². The number of hydrogen-bond acceptors (Lipinski definition) is 4. The highest BCUT2D eigenvalue weighted by Gasteiger charge is 2.19. The number of benzene rings is 1. The fourth-order valence-electron chi connectivity index (χ4n) is 1.97. The van der Waals surface area contributed by atoms with Crippen LogP contribution in [-0.4, -0.2) is 43.3 Å². The van der Waals surface area contributed by atoms with Crippen molar-refractivity contribution in [2.45, 2.75) is 39.7 Å². The third-order valence-electron chi connectivity index (χ3n) is 3.29. The number of methoxy groups -OCH3 is 1. The van der Waals surface area contributed by atoms with E-state index in [1.54, 1.807) is 24.1 Å². The molecule has 0 radical (unpaired) electrons. The number of rotatable bonds is 5. The van der Waals surface area contributed by atoms with Crippen molar-refractivity contribution in [1.29, 1.82) is 0 Å². The van der Waals surface area contributed by atoms with Crippen molar-refractivity contribution < 1.29 is 19.1 Å². The smallest absolute Gasteiger partial charge is 0.410 e. The molecule has 132 valence electrons. The van der Waals surface area contributed by atoms with Gasteiger partial charge in [-0.15, -0.1) is 0 Å². The Morgan fingerprint density at radius 2 is 1.75 bits per heavy atom. The van der Waals surface area contributed by atoms with Gasteiger partial charge in [0.25, 0.3) is 0 Å². The van der Waals surface area contributed by atoms with E-state index in [4.69, 9.17) is 4.74 Å². The maximum Gasteiger partial charge on any atom is 0.410 e. The summed E-state index contributed by atoms with van der Waals surface area (Å²) in [6.07, 6.45) is 2.45. The van der Waals surface area contributed by atoms with Gasteiger partial charge in [-0.25, -0.2) is 9.59 Å². The molecule has 0 bridgehead atoms. The molecule has 24 heavy (non-hydrogen) atoms. The zero-order valence-corrected chi connectivity index (χ0v) is 15.4. The predicted molar refractivity (Wildman–Crippen MR) is 94.9 cm³/mol. The fourth-order valence-corrected chi connectivity index (χ4v) is 1.97. The molecule has 1 aromatic rings. The lowest BCUT2D eigenvalue weighted by molar-refractivity contribution is 0.0300. The molecule has 0 N–H and O–H groups in total. The quantitative estimate of drug-likeness (QED) is 0.760. The van der Waals surface area contributed by atoms with E-state index in [2.05, 4.69) is 4.74 Å². The standard InChI is InChI=1S/C19H27NO4/c1-14(11-12-20(5)18(22)24-19(2,3)4)13-15-7-9-16(10-8-15)17(21)23-6/h7-10,13H,11-12H2,1-6H3/b14-13-. The van der Waals surface area contributed by atoms with Crippen LogP contribution in [0.5, 0.6) is 0 Å². The third kappa shape index (κ3) is 6.86. The molecule has 0 aromatic heterocycles. The van der Waals surface area contributed by atoms with Crippen LogP contribution >= 0.6 is 0 Å². The first-order valence-electron chi connectivity index (χ1n) is 7.92. The lowest BCUT2D eigenvalue weighted by Crippen LogP contribution is -2.34. The van der Waals surface area contributed by atoms with E-state index in [0.29, 0.717) is 12.1 Å². The molecule has 0 heterocycles. The zero-order valence-electron chi connectivity index (χ0n) is 15.4. The van der Waals surface area contributed by atoms with Gasteiger partial charge < -0.3 is 14.4 Å². The SMILES string of the molecule is COC(=O)c1ccc(/C=C(/C)CCN(C)C(=O)OC(C)(C)C)cc1. The van der Waals surface area contributed by atoms with Gasteiger partial charge in [-0.3, -0.25) is 0 Å². The van der Waals surface area contributed by atoms with Crippen LogP contribution in [0.3, 0.4) is 0 Å². The molecule has 1 aromatic carbocycles. The topological polar surface area (TPSA) is 55.8 Å². The van der Waals surface area contributed by atoms with Gasteiger partial charge in [0.05, 0.1) is 12.7 Å². The molecule has 0 spiro atoms. The molecule has 0 aliphatic rings. The van der Waals surface area contributed by atoms with E-state index in [1.165, 1.54) is 7.11 Å². The Kier molecular flexibility index (Phi) is 7.01. The molecular formula is C19H27NO4. The number of esters is 1. The minimum Gasteiger partial charge on any atom is -0.465 e. The Hall–Kier alpha value is -2.30. The van der Waals surface area contributed by atoms with Crippen LogP contribution in [-0.2, 0) is 9.47 Å². The maximum absolute atomic E-state index is 11.9. The predicted octanol–water partition coefficient (Wildman–Crippen LogP) is 4.13. The summed E-state index contributed by atoms with van der Waals surface area (Å²) in [5, 5.41) is 0. The zero-order chi connectivity index (χ0) is 18.3. The van der Waals surface area contributed by atoms with Crippen molar-refractivity contribution in [1.82, 2.24) is 4.90 Å². The van der Waals surface area contributed by atoms with Crippen molar-refractivity contribution in [2.24, 2.45) is 0 Å². The summed E-state index contributed by atoms with van der Waals surface area (Å²) in [4.78, 5) is 24.9. The van der Waals surface area contributed by atoms with E-state index in [1.807, 2.05) is 45.9 Å². The summed E-state index contributed by atoms with van der Waals surface area (Å²) < 4.78 is 10.00. The Morgan fingerprint density at radius 3 is 2.25 bits per heavy atom. The maximum atomic E-state index is 11.9. The first kappa shape index (κ1) is 19.7. The van der Waals surface area contributed by atoms with Crippen LogP contribution < -0.4 is 0 Å². The van der Waals surface area contributed by atoms with E-state index >= 15 is 0 Å². The number of hydrogen-bond donors (Lipinski definition) is 0. The second-order valence-corrected chi connectivity index (χ2v) is 6.76. The van der Waals surface area contributed by atoms with E-state index in [9.17, 15) is 9.59 Å². The lowest BCUT2D eigenvalue weighted by atomic mass is 10.1. The average molecular weight is 333 g/mol. The molecule has 0 aliphatic carbocycles. The first-order chi connectivity index (χ1) is 11.1. The summed E-state index contributed by atoms with van der Waals surface area (Å²) in [7, 11) is 3.09. The lowest BCUT2D eigenvalue weighted by Gasteiger charge is -2.24. The second kappa shape index (κ2) is 8.52. The highest BCUT2D eigenvalue weighted by Crippen LogP contribution is 2.13. The third-order valence-corrected chi connectivity index (χ3v) is 3.29. The highest BCUT2D eigenvalue weighted by atomic mass is 16.6. The van der Waals surface area contributed by atoms with Crippen LogP contribution in [0.2, 0.25) is 0 Å². The molecule has 5 nitrogen and oxygen atoms in total. The molecule has 5 heteroatoms. The molecule has 0 atom stereocenters. The number of carbonyl (C=O) groups is 2. The fraction of sp³-hybridized carbons (Fsp3) is 0.474. The Morgan fingerprint density at radius 1 is 1.17 bits per heavy atom. The van der Waals surface area contributed by atoms with Gasteiger partial charge in [0.2, 0.25) is 0 Å². The second-order valence-electron chi connectivity index (χ2n) is 6.76. The van der Waals surface area contributed by atoms with Gasteiger partial charge in [0.1, 0.15) is 5.60 Å². The van der Waals surface area contributed by atoms with E-state index in [0.717, 1.165) is 17.6 Å². The van der Waals surface area contributed by atoms with Gasteiger partial charge in [-0.2, -0.15) is 0 Å². The molecule has 1 rings (SSSR count). The minimum atomic E-state index is -0.488. The van der Waals surface area contributed by atoms with Crippen LogP contribution in [0.25, 0.3) is 6.08 Å². The molecule has 0 fully saturated rings. The van der Waals surface area contributed by atoms with Gasteiger partial charge in [-0.1, -0.05) is 23.8 Å². The van der Waals surface area contributed by atoms with Crippen molar-refractivity contribution in [3.63, 3.8) is 0 Å². The van der Waals surface area contributed by atoms with Crippen LogP contribution in [0, 0.1) is 0 Å². The van der Waals surface area contributed by atoms with E-state index in [-0.39, 0.29) is 12.1 Å². The molecule has 0 aliphatic heterocycles. The minimum absolute atomic E-state index is 0.322. The van der Waals surface area contributed by atoms with Crippen molar-refractivity contribution >= 4 is 18.1 Å². The molecule has 0 saturated carbocycles. The van der Waals surface area contributed by atoms with Gasteiger partial charge in [0.15, 0.2) is 0 Å². The summed E-state index contributed by atoms with van der Waals surface area (Å²) in [5.41, 5.74) is 2.17. The van der Waals surface area contributed by atoms with Crippen molar-refractivity contribution in [3.8, 4) is 0 Å². The molecule has 1 amide bonds. The van der Waals surface area contributed by atoms with Gasteiger partial charge >= 0.3 is 12.1 Å². The number of carbonyl (C=O) groups excluding carboxylic acids is 2. The molecule has 0 unspecified atom stereocenters. The largest absolute Gasteiger partial charge is 0.465 e.